The zero-order valence-corrected chi connectivity index (χ0v) is 35.1. The zero-order valence-electron chi connectivity index (χ0n) is 35.1. The van der Waals surface area contributed by atoms with E-state index < -0.39 is 24.3 Å². The standard InChI is InChI=1S/C46H54N8O7/c1-27(2)39(51-45(57)59-3)43(55)53-19-5-7-37(53)42-48-26-36(50-42)34-16-15-32-23-31(13-14-33(32)24-34)28-9-11-29(12-10-28)35-25-47-41(49-35)38-8-6-20-54(38)44(56)40(52-46(58)60-4)30-17-21-61-22-18-30/h9-16,23-27,30,37-40H,5-8,17-22H2,1-4H3,(H,47,49)(H,48,50)(H,51,57)(H,52,58)/t37-,38?,39-,40-/m0/s1. The number of aromatic amines is 2. The van der Waals surface area contributed by atoms with Crippen LogP contribution in [0.25, 0.3) is 44.4 Å². The molecule has 320 valence electrons. The second-order valence-corrected chi connectivity index (χ2v) is 16.5. The van der Waals surface area contributed by atoms with E-state index in [4.69, 9.17) is 24.2 Å². The number of rotatable bonds is 11. The highest BCUT2D eigenvalue weighted by atomic mass is 16.5. The Balaban J connectivity index is 0.935. The van der Waals surface area contributed by atoms with Crippen molar-refractivity contribution in [3.8, 4) is 33.6 Å². The van der Waals surface area contributed by atoms with Gasteiger partial charge in [0, 0.05) is 31.9 Å². The highest BCUT2D eigenvalue weighted by molar-refractivity contribution is 5.91. The maximum atomic E-state index is 14.0. The van der Waals surface area contributed by atoms with Crippen molar-refractivity contribution in [2.75, 3.05) is 40.5 Å². The van der Waals surface area contributed by atoms with E-state index in [1.54, 1.807) is 0 Å². The Morgan fingerprint density at radius 2 is 1.18 bits per heavy atom. The van der Waals surface area contributed by atoms with Crippen LogP contribution in [0, 0.1) is 11.8 Å². The second-order valence-electron chi connectivity index (χ2n) is 16.5. The summed E-state index contributed by atoms with van der Waals surface area (Å²) in [6, 6.07) is 19.3. The number of amides is 4. The molecule has 0 saturated carbocycles. The third-order valence-electron chi connectivity index (χ3n) is 12.4. The van der Waals surface area contributed by atoms with Crippen LogP contribution in [0.3, 0.4) is 0 Å². The van der Waals surface area contributed by atoms with Gasteiger partial charge in [0.05, 0.1) is 50.1 Å². The number of methoxy groups -OCH3 is 2. The average molecular weight is 831 g/mol. The summed E-state index contributed by atoms with van der Waals surface area (Å²) in [4.78, 5) is 71.9. The van der Waals surface area contributed by atoms with Crippen molar-refractivity contribution in [2.24, 2.45) is 11.8 Å². The summed E-state index contributed by atoms with van der Waals surface area (Å²) in [6.45, 7) is 6.12. The fourth-order valence-corrected chi connectivity index (χ4v) is 9.04. The smallest absolute Gasteiger partial charge is 0.407 e. The third-order valence-corrected chi connectivity index (χ3v) is 12.4. The van der Waals surface area contributed by atoms with Gasteiger partial charge in [-0.15, -0.1) is 0 Å². The number of imidazole rings is 2. The molecule has 8 rings (SSSR count). The lowest BCUT2D eigenvalue weighted by atomic mass is 9.90. The van der Waals surface area contributed by atoms with Crippen LogP contribution in [0.1, 0.15) is 76.1 Å². The van der Waals surface area contributed by atoms with Gasteiger partial charge in [0.25, 0.3) is 0 Å². The molecule has 0 aliphatic carbocycles. The number of ether oxygens (including phenoxy) is 3. The Morgan fingerprint density at radius 1 is 0.672 bits per heavy atom. The van der Waals surface area contributed by atoms with Crippen LogP contribution in [0.5, 0.6) is 0 Å². The SMILES string of the molecule is COC(=O)N[C@H](C(=O)N1CCC[C@H]1c1ncc(-c2ccc3cc(-c4ccc(-c5cnc(C6CCCN6C(=O)[C@@H](NC(=O)OC)C6CCOCC6)[nH]5)cc4)ccc3c2)[nH]1)C(C)C. The first-order valence-corrected chi connectivity index (χ1v) is 21.2. The number of alkyl carbamates (subject to hydrolysis) is 2. The largest absolute Gasteiger partial charge is 0.453 e. The molecule has 3 saturated heterocycles. The average Bonchev–Trinajstić information content (AvgIpc) is 4.14. The van der Waals surface area contributed by atoms with E-state index in [1.165, 1.54) is 14.2 Å². The molecule has 5 heterocycles. The minimum Gasteiger partial charge on any atom is -0.453 e. The quantitative estimate of drug-likeness (QED) is 0.107. The highest BCUT2D eigenvalue weighted by Crippen LogP contribution is 2.36. The Morgan fingerprint density at radius 3 is 1.77 bits per heavy atom. The Labute approximate surface area is 354 Å². The number of nitrogens with one attached hydrogen (secondary N) is 4. The van der Waals surface area contributed by atoms with Crippen molar-refractivity contribution in [3.63, 3.8) is 0 Å². The van der Waals surface area contributed by atoms with Crippen molar-refractivity contribution in [2.45, 2.75) is 76.5 Å². The Hall–Kier alpha value is -6.22. The van der Waals surface area contributed by atoms with E-state index in [-0.39, 0.29) is 35.7 Å². The maximum Gasteiger partial charge on any atom is 0.407 e. The van der Waals surface area contributed by atoms with Gasteiger partial charge in [0.1, 0.15) is 23.7 Å². The van der Waals surface area contributed by atoms with Crippen LogP contribution in [-0.4, -0.2) is 106 Å². The lowest BCUT2D eigenvalue weighted by Crippen LogP contribution is -2.53. The maximum absolute atomic E-state index is 14.0. The second kappa shape index (κ2) is 18.2. The summed E-state index contributed by atoms with van der Waals surface area (Å²) in [7, 11) is 2.60. The van der Waals surface area contributed by atoms with Gasteiger partial charge in [-0.3, -0.25) is 9.59 Å². The van der Waals surface area contributed by atoms with Gasteiger partial charge in [-0.2, -0.15) is 0 Å². The molecule has 2 aromatic heterocycles. The molecule has 3 aliphatic heterocycles. The normalized spacial score (nSPS) is 19.2. The van der Waals surface area contributed by atoms with E-state index >= 15 is 0 Å². The van der Waals surface area contributed by atoms with Crippen molar-refractivity contribution in [1.82, 2.24) is 40.4 Å². The number of hydrogen-bond acceptors (Lipinski definition) is 9. The molecule has 15 heteroatoms. The molecule has 4 atom stereocenters. The first kappa shape index (κ1) is 41.5. The van der Waals surface area contributed by atoms with Gasteiger partial charge in [0.15, 0.2) is 0 Å². The van der Waals surface area contributed by atoms with Crippen LogP contribution in [0.4, 0.5) is 9.59 Å². The number of carbonyl (C=O) groups is 4. The monoisotopic (exact) mass is 830 g/mol. The van der Waals surface area contributed by atoms with E-state index in [0.29, 0.717) is 39.1 Å². The first-order chi connectivity index (χ1) is 29.6. The molecule has 5 aromatic rings. The highest BCUT2D eigenvalue weighted by Gasteiger charge is 2.40. The lowest BCUT2D eigenvalue weighted by molar-refractivity contribution is -0.137. The predicted molar refractivity (Wildman–Crippen MR) is 229 cm³/mol. The number of benzene rings is 3. The van der Waals surface area contributed by atoms with Gasteiger partial charge in [-0.25, -0.2) is 19.6 Å². The molecule has 0 radical (unpaired) electrons. The van der Waals surface area contributed by atoms with Crippen LogP contribution in [-0.2, 0) is 23.8 Å². The molecule has 4 amide bonds. The van der Waals surface area contributed by atoms with Crippen molar-refractivity contribution >= 4 is 34.8 Å². The van der Waals surface area contributed by atoms with Crippen molar-refractivity contribution in [3.05, 3.63) is 84.7 Å². The molecule has 15 nitrogen and oxygen atoms in total. The van der Waals surface area contributed by atoms with Crippen LogP contribution < -0.4 is 10.6 Å². The lowest BCUT2D eigenvalue weighted by Gasteiger charge is -2.34. The number of nitrogens with zero attached hydrogens (tertiary/aromatic N) is 4. The summed E-state index contributed by atoms with van der Waals surface area (Å²) < 4.78 is 15.2. The number of fused-ring (bicyclic) bond motifs is 1. The number of H-pyrrole nitrogens is 2. The van der Waals surface area contributed by atoms with Crippen molar-refractivity contribution < 1.29 is 33.4 Å². The molecule has 4 N–H and O–H groups in total. The van der Waals surface area contributed by atoms with Gasteiger partial charge in [0.2, 0.25) is 11.8 Å². The number of likely N-dealkylation sites (tertiary alicyclic amines) is 2. The number of hydrogen-bond donors (Lipinski definition) is 4. The third kappa shape index (κ3) is 8.83. The Kier molecular flexibility index (Phi) is 12.4. The van der Waals surface area contributed by atoms with Gasteiger partial charge >= 0.3 is 12.2 Å². The zero-order chi connectivity index (χ0) is 42.6. The molecule has 0 bridgehead atoms. The van der Waals surface area contributed by atoms with Crippen LogP contribution >= 0.6 is 0 Å². The first-order valence-electron chi connectivity index (χ1n) is 21.2. The minimum absolute atomic E-state index is 0.0265. The predicted octanol–water partition coefficient (Wildman–Crippen LogP) is 7.15. The van der Waals surface area contributed by atoms with Crippen LogP contribution in [0.2, 0.25) is 0 Å². The molecule has 3 aliphatic rings. The molecule has 3 aromatic carbocycles. The van der Waals surface area contributed by atoms with Gasteiger partial charge < -0.3 is 44.6 Å². The minimum atomic E-state index is -0.690. The van der Waals surface area contributed by atoms with Gasteiger partial charge in [-0.1, -0.05) is 62.4 Å². The topological polar surface area (TPSA) is 184 Å². The summed E-state index contributed by atoms with van der Waals surface area (Å²) in [5.74, 6) is 1.07. The molecule has 61 heavy (non-hydrogen) atoms. The fourth-order valence-electron chi connectivity index (χ4n) is 9.04. The van der Waals surface area contributed by atoms with Crippen LogP contribution in [0.15, 0.2) is 73.1 Å². The Bertz CT molecular complexity index is 2370. The molecular weight excluding hydrogens is 777 g/mol. The van der Waals surface area contributed by atoms with Gasteiger partial charge in [-0.05, 0) is 90.0 Å². The number of carbonyl (C=O) groups excluding carboxylic acids is 4. The summed E-state index contributed by atoms with van der Waals surface area (Å²) in [5, 5.41) is 7.71. The molecule has 0 spiro atoms. The van der Waals surface area contributed by atoms with E-state index in [1.807, 2.05) is 36.0 Å². The molecule has 1 unspecified atom stereocenters. The summed E-state index contributed by atoms with van der Waals surface area (Å²) in [6.07, 6.45) is 7.05. The summed E-state index contributed by atoms with van der Waals surface area (Å²) >= 11 is 0. The molecule has 3 fully saturated rings. The van der Waals surface area contributed by atoms with E-state index in [9.17, 15) is 19.2 Å². The molecular formula is C46H54N8O7. The number of aromatic nitrogens is 4. The van der Waals surface area contributed by atoms with E-state index in [2.05, 4.69) is 81.3 Å². The summed E-state index contributed by atoms with van der Waals surface area (Å²) in [5.41, 5.74) is 5.88. The fraction of sp³-hybridized carbons (Fsp3) is 0.435. The van der Waals surface area contributed by atoms with E-state index in [0.717, 1.165) is 81.7 Å². The van der Waals surface area contributed by atoms with Crippen molar-refractivity contribution in [1.29, 1.82) is 0 Å².